The van der Waals surface area contributed by atoms with Crippen molar-refractivity contribution in [3.05, 3.63) is 59.1 Å². The van der Waals surface area contributed by atoms with Crippen molar-refractivity contribution in [2.45, 2.75) is 9.79 Å². The summed E-state index contributed by atoms with van der Waals surface area (Å²) in [6.07, 6.45) is 0. The molecule has 0 heterocycles. The van der Waals surface area contributed by atoms with Gasteiger partial charge in [0.15, 0.2) is 0 Å². The van der Waals surface area contributed by atoms with Gasteiger partial charge in [-0.3, -0.25) is 20.4 Å². The molecular formula is C17H19ClN4O6S2. The Morgan fingerprint density at radius 1 is 0.967 bits per heavy atom. The fraction of sp³-hybridized carbons (Fsp3) is 0.176. The third-order valence-electron chi connectivity index (χ3n) is 3.88. The van der Waals surface area contributed by atoms with Gasteiger partial charge >= 0.3 is 0 Å². The Kier molecular flexibility index (Phi) is 7.55. The normalized spacial score (nSPS) is 11.9. The van der Waals surface area contributed by atoms with E-state index in [1.54, 1.807) is 0 Å². The lowest BCUT2D eigenvalue weighted by atomic mass is 10.2. The van der Waals surface area contributed by atoms with Crippen molar-refractivity contribution in [2.75, 3.05) is 20.6 Å². The second kappa shape index (κ2) is 9.53. The van der Waals surface area contributed by atoms with Gasteiger partial charge in [0.05, 0.1) is 16.3 Å². The standard InChI is InChI=1S/C17H19ClN4O6S2/c1-19-29(25,26)15-5-3-4-12(10-15)17(24)21-20-16(23)11-22(2)30(27,28)14-8-6-13(18)7-9-14/h3-10,19H,11H2,1-2H3,(H,20,23)(H,21,24). The number of nitrogens with zero attached hydrogens (tertiary/aromatic N) is 1. The molecule has 0 saturated heterocycles. The number of benzene rings is 2. The first kappa shape index (κ1) is 23.8. The summed E-state index contributed by atoms with van der Waals surface area (Å²) in [5.74, 6) is -1.58. The summed E-state index contributed by atoms with van der Waals surface area (Å²) in [6.45, 7) is -0.570. The maximum Gasteiger partial charge on any atom is 0.269 e. The van der Waals surface area contributed by atoms with E-state index < -0.39 is 38.4 Å². The Balaban J connectivity index is 2.00. The Morgan fingerprint density at radius 3 is 2.20 bits per heavy atom. The molecule has 2 aromatic carbocycles. The van der Waals surface area contributed by atoms with Gasteiger partial charge in [-0.05, 0) is 49.5 Å². The molecular weight excluding hydrogens is 456 g/mol. The van der Waals surface area contributed by atoms with E-state index in [4.69, 9.17) is 11.6 Å². The van der Waals surface area contributed by atoms with E-state index in [1.165, 1.54) is 56.6 Å². The van der Waals surface area contributed by atoms with Crippen LogP contribution in [-0.2, 0) is 24.8 Å². The fourth-order valence-corrected chi connectivity index (χ4v) is 4.26. The van der Waals surface area contributed by atoms with E-state index in [1.807, 2.05) is 0 Å². The third-order valence-corrected chi connectivity index (χ3v) is 7.36. The molecule has 0 fully saturated rings. The van der Waals surface area contributed by atoms with Crippen LogP contribution >= 0.6 is 11.6 Å². The van der Waals surface area contributed by atoms with E-state index in [2.05, 4.69) is 15.6 Å². The highest BCUT2D eigenvalue weighted by molar-refractivity contribution is 7.89. The molecule has 0 radical (unpaired) electrons. The van der Waals surface area contributed by atoms with Gasteiger partial charge in [-0.15, -0.1) is 0 Å². The molecule has 162 valence electrons. The minimum atomic E-state index is -3.94. The Bertz CT molecular complexity index is 1150. The zero-order chi connectivity index (χ0) is 22.5. The lowest BCUT2D eigenvalue weighted by Crippen LogP contribution is -2.46. The molecule has 30 heavy (non-hydrogen) atoms. The van der Waals surface area contributed by atoms with Crippen molar-refractivity contribution in [1.29, 1.82) is 0 Å². The smallest absolute Gasteiger partial charge is 0.269 e. The molecule has 2 amide bonds. The van der Waals surface area contributed by atoms with Crippen molar-refractivity contribution < 1.29 is 26.4 Å². The zero-order valence-corrected chi connectivity index (χ0v) is 18.3. The molecule has 0 atom stereocenters. The Labute approximate surface area is 179 Å². The second-order valence-corrected chi connectivity index (χ2v) is 10.3. The van der Waals surface area contributed by atoms with Gasteiger partial charge in [0, 0.05) is 17.6 Å². The van der Waals surface area contributed by atoms with Crippen molar-refractivity contribution in [3.8, 4) is 0 Å². The van der Waals surface area contributed by atoms with E-state index in [9.17, 15) is 26.4 Å². The van der Waals surface area contributed by atoms with E-state index >= 15 is 0 Å². The molecule has 0 aliphatic heterocycles. The average Bonchev–Trinajstić information content (AvgIpc) is 2.72. The van der Waals surface area contributed by atoms with Crippen molar-refractivity contribution >= 4 is 43.5 Å². The number of carbonyl (C=O) groups is 2. The van der Waals surface area contributed by atoms with Gasteiger partial charge in [-0.1, -0.05) is 17.7 Å². The van der Waals surface area contributed by atoms with Gasteiger partial charge in [-0.25, -0.2) is 21.6 Å². The van der Waals surface area contributed by atoms with Crippen LogP contribution in [0.5, 0.6) is 0 Å². The van der Waals surface area contributed by atoms with Crippen molar-refractivity contribution in [3.63, 3.8) is 0 Å². The highest BCUT2D eigenvalue weighted by Gasteiger charge is 2.23. The van der Waals surface area contributed by atoms with Crippen molar-refractivity contribution in [1.82, 2.24) is 19.9 Å². The molecule has 0 aliphatic rings. The predicted octanol–water partition coefficient (Wildman–Crippen LogP) is 0.330. The van der Waals surface area contributed by atoms with Gasteiger partial charge in [0.2, 0.25) is 20.0 Å². The average molecular weight is 475 g/mol. The molecule has 3 N–H and O–H groups in total. The number of rotatable bonds is 7. The molecule has 2 rings (SSSR count). The van der Waals surface area contributed by atoms with E-state index in [0.717, 1.165) is 10.4 Å². The van der Waals surface area contributed by atoms with Crippen LogP contribution in [0.1, 0.15) is 10.4 Å². The number of halogens is 1. The van der Waals surface area contributed by atoms with Gasteiger partial charge in [0.1, 0.15) is 0 Å². The first-order valence-corrected chi connectivity index (χ1v) is 11.6. The largest absolute Gasteiger partial charge is 0.272 e. The first-order valence-electron chi connectivity index (χ1n) is 8.32. The monoisotopic (exact) mass is 474 g/mol. The van der Waals surface area contributed by atoms with E-state index in [0.29, 0.717) is 5.02 Å². The topological polar surface area (TPSA) is 142 Å². The minimum Gasteiger partial charge on any atom is -0.272 e. The van der Waals surface area contributed by atoms with Gasteiger partial charge in [0.25, 0.3) is 11.8 Å². The zero-order valence-electron chi connectivity index (χ0n) is 15.9. The second-order valence-electron chi connectivity index (χ2n) is 5.95. The highest BCUT2D eigenvalue weighted by Crippen LogP contribution is 2.17. The summed E-state index contributed by atoms with van der Waals surface area (Å²) in [6, 6.07) is 10.6. The SMILES string of the molecule is CNS(=O)(=O)c1cccc(C(=O)NNC(=O)CN(C)S(=O)(=O)c2ccc(Cl)cc2)c1. The quantitative estimate of drug-likeness (QED) is 0.494. The number of carbonyl (C=O) groups excluding carboxylic acids is 2. The van der Waals surface area contributed by atoms with Crippen LogP contribution in [0.25, 0.3) is 0 Å². The first-order chi connectivity index (χ1) is 14.0. The molecule has 0 aliphatic carbocycles. The molecule has 0 unspecified atom stereocenters. The van der Waals surface area contributed by atoms with Gasteiger partial charge < -0.3 is 0 Å². The van der Waals surface area contributed by atoms with Crippen LogP contribution < -0.4 is 15.6 Å². The van der Waals surface area contributed by atoms with Gasteiger partial charge in [-0.2, -0.15) is 4.31 Å². The predicted molar refractivity (Wildman–Crippen MR) is 110 cm³/mol. The number of hydrogen-bond donors (Lipinski definition) is 3. The minimum absolute atomic E-state index is 0.0197. The lowest BCUT2D eigenvalue weighted by molar-refractivity contribution is -0.121. The summed E-state index contributed by atoms with van der Waals surface area (Å²) in [5.41, 5.74) is 4.17. The van der Waals surface area contributed by atoms with Crippen molar-refractivity contribution in [2.24, 2.45) is 0 Å². The van der Waals surface area contributed by atoms with E-state index in [-0.39, 0.29) is 15.4 Å². The number of nitrogens with one attached hydrogen (secondary N) is 3. The Hall–Kier alpha value is -2.51. The number of sulfonamides is 2. The molecule has 13 heteroatoms. The Morgan fingerprint density at radius 2 is 1.60 bits per heavy atom. The number of hydrazine groups is 1. The number of likely N-dealkylation sites (N-methyl/N-ethyl adjacent to an activating group) is 1. The molecule has 0 bridgehead atoms. The summed E-state index contributed by atoms with van der Waals surface area (Å²) in [5, 5.41) is 0.364. The summed E-state index contributed by atoms with van der Waals surface area (Å²) >= 11 is 5.74. The van der Waals surface area contributed by atoms with Crippen LogP contribution in [0.4, 0.5) is 0 Å². The van der Waals surface area contributed by atoms with Crippen LogP contribution in [0, 0.1) is 0 Å². The van der Waals surface area contributed by atoms with Crippen LogP contribution in [-0.4, -0.2) is 53.6 Å². The number of amides is 2. The van der Waals surface area contributed by atoms with Crippen LogP contribution in [0.3, 0.4) is 0 Å². The third kappa shape index (κ3) is 5.77. The molecule has 0 aromatic heterocycles. The summed E-state index contributed by atoms with van der Waals surface area (Å²) in [4.78, 5) is 24.0. The number of hydrogen-bond acceptors (Lipinski definition) is 6. The summed E-state index contributed by atoms with van der Waals surface area (Å²) < 4.78 is 51.5. The molecule has 10 nitrogen and oxygen atoms in total. The highest BCUT2D eigenvalue weighted by atomic mass is 35.5. The fourth-order valence-electron chi connectivity index (χ4n) is 2.23. The maximum atomic E-state index is 12.5. The molecule has 0 spiro atoms. The summed E-state index contributed by atoms with van der Waals surface area (Å²) in [7, 11) is -5.25. The maximum absolute atomic E-state index is 12.5. The molecule has 2 aromatic rings. The van der Waals surface area contributed by atoms with Crippen LogP contribution in [0.2, 0.25) is 5.02 Å². The molecule has 0 saturated carbocycles. The van der Waals surface area contributed by atoms with Crippen LogP contribution in [0.15, 0.2) is 58.3 Å². The lowest BCUT2D eigenvalue weighted by Gasteiger charge is -2.17.